The molecule has 0 saturated heterocycles. The van der Waals surface area contributed by atoms with E-state index in [1.54, 1.807) is 13.0 Å². The summed E-state index contributed by atoms with van der Waals surface area (Å²) in [5, 5.41) is 4.05. The van der Waals surface area contributed by atoms with Crippen LogP contribution >= 0.6 is 0 Å². The molecular weight excluding hydrogens is 230 g/mol. The second-order valence-corrected chi connectivity index (χ2v) is 5.56. The highest BCUT2D eigenvalue weighted by atomic mass is 32.2. The molecule has 0 radical (unpaired) electrons. The van der Waals surface area contributed by atoms with Gasteiger partial charge < -0.3 is 10.3 Å². The standard InChI is InChI=1S/C9H11N3O3S/c1-6-10-8(4-9(13)11-6)12-7-2-3-16(14,15)5-7/h2-4,7H,5H2,1H3,(H2,10,11,12,13). The van der Waals surface area contributed by atoms with Crippen LogP contribution in [0.5, 0.6) is 0 Å². The Morgan fingerprint density at radius 1 is 1.56 bits per heavy atom. The normalized spacial score (nSPS) is 22.2. The van der Waals surface area contributed by atoms with Crippen LogP contribution in [-0.2, 0) is 9.84 Å². The minimum absolute atomic E-state index is 0.000522. The van der Waals surface area contributed by atoms with Gasteiger partial charge in [-0.25, -0.2) is 13.4 Å². The molecule has 0 spiro atoms. The number of H-pyrrole nitrogens is 1. The summed E-state index contributed by atoms with van der Waals surface area (Å²) in [6, 6.07) is 0.977. The quantitative estimate of drug-likeness (QED) is 0.748. The number of nitrogens with zero attached hydrogens (tertiary/aromatic N) is 1. The molecule has 0 fully saturated rings. The summed E-state index contributed by atoms with van der Waals surface area (Å²) in [7, 11) is -3.09. The lowest BCUT2D eigenvalue weighted by atomic mass is 10.3. The van der Waals surface area contributed by atoms with E-state index >= 15 is 0 Å². The van der Waals surface area contributed by atoms with Crippen molar-refractivity contribution in [1.29, 1.82) is 0 Å². The summed E-state index contributed by atoms with van der Waals surface area (Å²) in [6.07, 6.45) is 1.55. The Kier molecular flexibility index (Phi) is 2.55. The minimum atomic E-state index is -3.09. The molecule has 2 heterocycles. The molecule has 0 aromatic carbocycles. The van der Waals surface area contributed by atoms with Gasteiger partial charge in [-0.3, -0.25) is 4.79 Å². The molecule has 1 aliphatic rings. The van der Waals surface area contributed by atoms with Gasteiger partial charge in [0.05, 0.1) is 11.8 Å². The first-order valence-electron chi connectivity index (χ1n) is 4.70. The molecule has 1 aromatic rings. The molecule has 86 valence electrons. The lowest BCUT2D eigenvalue weighted by Gasteiger charge is -2.10. The number of aromatic amines is 1. The van der Waals surface area contributed by atoms with Gasteiger partial charge in [0.15, 0.2) is 9.84 Å². The van der Waals surface area contributed by atoms with Gasteiger partial charge in [0, 0.05) is 11.5 Å². The van der Waals surface area contributed by atoms with Crippen LogP contribution in [0.15, 0.2) is 22.3 Å². The van der Waals surface area contributed by atoms with E-state index in [9.17, 15) is 13.2 Å². The molecule has 1 atom stereocenters. The smallest absolute Gasteiger partial charge is 0.252 e. The lowest BCUT2D eigenvalue weighted by Crippen LogP contribution is -2.23. The molecule has 0 saturated carbocycles. The van der Waals surface area contributed by atoms with Crippen LogP contribution in [-0.4, -0.2) is 30.2 Å². The predicted molar refractivity (Wildman–Crippen MR) is 59.9 cm³/mol. The van der Waals surface area contributed by atoms with Crippen molar-refractivity contribution in [1.82, 2.24) is 9.97 Å². The maximum atomic E-state index is 11.1. The van der Waals surface area contributed by atoms with E-state index in [4.69, 9.17) is 0 Å². The molecule has 1 unspecified atom stereocenters. The van der Waals surface area contributed by atoms with Gasteiger partial charge >= 0.3 is 0 Å². The summed E-state index contributed by atoms with van der Waals surface area (Å²) in [5.74, 6) is 0.869. The predicted octanol–water partition coefficient (Wildman–Crippen LogP) is -0.199. The number of rotatable bonds is 2. The number of hydrogen-bond acceptors (Lipinski definition) is 5. The summed E-state index contributed by atoms with van der Waals surface area (Å²) in [4.78, 5) is 17.7. The van der Waals surface area contributed by atoms with Crippen LogP contribution in [0.3, 0.4) is 0 Å². The van der Waals surface area contributed by atoms with Gasteiger partial charge in [0.1, 0.15) is 11.6 Å². The SMILES string of the molecule is Cc1nc(NC2C=CS(=O)(=O)C2)cc(=O)[nH]1. The topological polar surface area (TPSA) is 91.9 Å². The largest absolute Gasteiger partial charge is 0.363 e. The molecule has 0 aliphatic carbocycles. The van der Waals surface area contributed by atoms with Gasteiger partial charge in [-0.1, -0.05) is 0 Å². The zero-order valence-electron chi connectivity index (χ0n) is 8.60. The Hall–Kier alpha value is -1.63. The van der Waals surface area contributed by atoms with Crippen molar-refractivity contribution in [2.24, 2.45) is 0 Å². The molecule has 2 rings (SSSR count). The maximum Gasteiger partial charge on any atom is 0.252 e. The zero-order chi connectivity index (χ0) is 11.8. The summed E-state index contributed by atoms with van der Waals surface area (Å²) >= 11 is 0. The highest BCUT2D eigenvalue weighted by molar-refractivity contribution is 7.94. The first-order valence-corrected chi connectivity index (χ1v) is 6.42. The van der Waals surface area contributed by atoms with Crippen LogP contribution in [0, 0.1) is 6.92 Å². The number of hydrogen-bond donors (Lipinski definition) is 2. The zero-order valence-corrected chi connectivity index (χ0v) is 9.41. The first-order chi connectivity index (χ1) is 7.44. The molecule has 7 heteroatoms. The van der Waals surface area contributed by atoms with Gasteiger partial charge in [0.2, 0.25) is 0 Å². The van der Waals surface area contributed by atoms with E-state index < -0.39 is 9.84 Å². The third-order valence-corrected chi connectivity index (χ3v) is 3.52. The molecule has 6 nitrogen and oxygen atoms in total. The van der Waals surface area contributed by atoms with Crippen LogP contribution < -0.4 is 10.9 Å². The number of aryl methyl sites for hydroxylation is 1. The highest BCUT2D eigenvalue weighted by Crippen LogP contribution is 2.12. The monoisotopic (exact) mass is 241 g/mol. The summed E-state index contributed by atoms with van der Waals surface area (Å²) in [5.41, 5.74) is -0.264. The Morgan fingerprint density at radius 3 is 2.88 bits per heavy atom. The van der Waals surface area contributed by atoms with E-state index in [1.807, 2.05) is 0 Å². The van der Waals surface area contributed by atoms with Crippen molar-refractivity contribution in [3.8, 4) is 0 Å². The van der Waals surface area contributed by atoms with Crippen molar-refractivity contribution >= 4 is 15.7 Å². The van der Waals surface area contributed by atoms with E-state index in [0.29, 0.717) is 11.6 Å². The Morgan fingerprint density at radius 2 is 2.31 bits per heavy atom. The Labute approximate surface area is 92.3 Å². The van der Waals surface area contributed by atoms with Gasteiger partial charge in [-0.05, 0) is 13.0 Å². The maximum absolute atomic E-state index is 11.1. The van der Waals surface area contributed by atoms with E-state index in [-0.39, 0.29) is 17.4 Å². The molecular formula is C9H11N3O3S. The molecule has 1 aromatic heterocycles. The fraction of sp³-hybridized carbons (Fsp3) is 0.333. The third-order valence-electron chi connectivity index (χ3n) is 2.12. The van der Waals surface area contributed by atoms with Crippen LogP contribution in [0.1, 0.15) is 5.82 Å². The average molecular weight is 241 g/mol. The minimum Gasteiger partial charge on any atom is -0.363 e. The van der Waals surface area contributed by atoms with Crippen molar-refractivity contribution in [3.63, 3.8) is 0 Å². The number of aromatic nitrogens is 2. The average Bonchev–Trinajstić information content (AvgIpc) is 2.43. The Balaban J connectivity index is 2.17. The van der Waals surface area contributed by atoms with Gasteiger partial charge in [0.25, 0.3) is 5.56 Å². The van der Waals surface area contributed by atoms with Crippen molar-refractivity contribution < 1.29 is 8.42 Å². The van der Waals surface area contributed by atoms with Crippen molar-refractivity contribution in [2.75, 3.05) is 11.1 Å². The number of anilines is 1. The molecule has 1 aliphatic heterocycles. The number of sulfone groups is 1. The molecule has 0 amide bonds. The fourth-order valence-electron chi connectivity index (χ4n) is 1.51. The summed E-state index contributed by atoms with van der Waals surface area (Å²) < 4.78 is 22.3. The van der Waals surface area contributed by atoms with E-state index in [2.05, 4.69) is 15.3 Å². The fourth-order valence-corrected chi connectivity index (χ4v) is 2.74. The lowest BCUT2D eigenvalue weighted by molar-refractivity contribution is 0.605. The van der Waals surface area contributed by atoms with Crippen molar-refractivity contribution in [3.05, 3.63) is 33.7 Å². The molecule has 0 bridgehead atoms. The third kappa shape index (κ3) is 2.48. The van der Waals surface area contributed by atoms with Gasteiger partial charge in [-0.2, -0.15) is 0 Å². The molecule has 16 heavy (non-hydrogen) atoms. The molecule has 2 N–H and O–H groups in total. The van der Waals surface area contributed by atoms with Gasteiger partial charge in [-0.15, -0.1) is 0 Å². The van der Waals surface area contributed by atoms with Crippen LogP contribution in [0.4, 0.5) is 5.82 Å². The van der Waals surface area contributed by atoms with Crippen LogP contribution in [0.2, 0.25) is 0 Å². The van der Waals surface area contributed by atoms with Crippen LogP contribution in [0.25, 0.3) is 0 Å². The van der Waals surface area contributed by atoms with E-state index in [1.165, 1.54) is 11.5 Å². The number of nitrogens with one attached hydrogen (secondary N) is 2. The summed E-state index contributed by atoms with van der Waals surface area (Å²) in [6.45, 7) is 1.66. The van der Waals surface area contributed by atoms with Crippen molar-refractivity contribution in [2.45, 2.75) is 13.0 Å². The second kappa shape index (κ2) is 3.75. The highest BCUT2D eigenvalue weighted by Gasteiger charge is 2.21. The van der Waals surface area contributed by atoms with E-state index in [0.717, 1.165) is 0 Å². The second-order valence-electron chi connectivity index (χ2n) is 3.62. The Bertz CT molecular complexity index is 588. The first kappa shape index (κ1) is 10.9.